The molecule has 0 saturated carbocycles. The highest BCUT2D eigenvalue weighted by atomic mass is 32.1. The number of anilines is 1. The maximum Gasteiger partial charge on any atom is 0.308 e. The molecule has 1 unspecified atom stereocenters. The van der Waals surface area contributed by atoms with Gasteiger partial charge < -0.3 is 15.2 Å². The summed E-state index contributed by atoms with van der Waals surface area (Å²) in [6, 6.07) is 27.7. The second kappa shape index (κ2) is 10.8. The minimum Gasteiger partial charge on any atom is -0.481 e. The first-order valence-corrected chi connectivity index (χ1v) is 11.8. The second-order valence-electron chi connectivity index (χ2n) is 7.71. The molecule has 4 aromatic rings. The van der Waals surface area contributed by atoms with Crippen molar-refractivity contribution in [3.8, 4) is 33.2 Å². The van der Waals surface area contributed by atoms with Gasteiger partial charge in [-0.3, -0.25) is 4.79 Å². The smallest absolute Gasteiger partial charge is 0.308 e. The van der Waals surface area contributed by atoms with E-state index < -0.39 is 11.9 Å². The van der Waals surface area contributed by atoms with Gasteiger partial charge in [-0.15, -0.1) is 0 Å². The van der Waals surface area contributed by atoms with Gasteiger partial charge in [0.25, 0.3) is 0 Å². The monoisotopic (exact) mass is 458 g/mol. The molecule has 0 spiro atoms. The van der Waals surface area contributed by atoms with E-state index in [1.807, 2.05) is 79.7 Å². The van der Waals surface area contributed by atoms with Crippen molar-refractivity contribution in [1.82, 2.24) is 4.98 Å². The predicted molar refractivity (Wildman–Crippen MR) is 134 cm³/mol. The second-order valence-corrected chi connectivity index (χ2v) is 8.71. The number of carboxylic acid groups (broad SMARTS) is 1. The fourth-order valence-corrected chi connectivity index (χ4v) is 4.55. The number of benzene rings is 3. The third kappa shape index (κ3) is 5.79. The fraction of sp³-hybridized carbons (Fsp3) is 0.185. The van der Waals surface area contributed by atoms with Crippen molar-refractivity contribution in [3.05, 3.63) is 84.9 Å². The first kappa shape index (κ1) is 22.6. The van der Waals surface area contributed by atoms with Crippen molar-refractivity contribution in [1.29, 1.82) is 0 Å². The molecule has 0 aliphatic carbocycles. The highest BCUT2D eigenvalue weighted by Crippen LogP contribution is 2.39. The summed E-state index contributed by atoms with van der Waals surface area (Å²) in [5.41, 5.74) is 2.91. The Morgan fingerprint density at radius 2 is 1.58 bits per heavy atom. The van der Waals surface area contributed by atoms with E-state index in [9.17, 15) is 9.90 Å². The zero-order valence-corrected chi connectivity index (χ0v) is 19.2. The number of nitrogens with zero attached hydrogens (tertiary/aromatic N) is 1. The molecule has 1 aromatic heterocycles. The summed E-state index contributed by atoms with van der Waals surface area (Å²) in [7, 11) is 0. The van der Waals surface area contributed by atoms with Crippen molar-refractivity contribution in [2.45, 2.75) is 19.8 Å². The Morgan fingerprint density at radius 1 is 0.939 bits per heavy atom. The average molecular weight is 459 g/mol. The first-order chi connectivity index (χ1) is 16.1. The van der Waals surface area contributed by atoms with E-state index in [0.29, 0.717) is 13.0 Å². The van der Waals surface area contributed by atoms with Gasteiger partial charge in [-0.2, -0.15) is 0 Å². The van der Waals surface area contributed by atoms with Crippen molar-refractivity contribution in [2.24, 2.45) is 5.92 Å². The summed E-state index contributed by atoms with van der Waals surface area (Å²) in [6.45, 7) is 2.35. The van der Waals surface area contributed by atoms with Crippen LogP contribution in [0, 0.1) is 5.92 Å². The Hall–Kier alpha value is -3.64. The van der Waals surface area contributed by atoms with Crippen LogP contribution in [0.4, 0.5) is 5.13 Å². The van der Waals surface area contributed by atoms with Gasteiger partial charge in [0, 0.05) is 12.1 Å². The van der Waals surface area contributed by atoms with Crippen molar-refractivity contribution >= 4 is 22.4 Å². The van der Waals surface area contributed by atoms with Crippen LogP contribution in [0.25, 0.3) is 21.7 Å². The van der Waals surface area contributed by atoms with Crippen LogP contribution in [0.15, 0.2) is 84.9 Å². The molecular weight excluding hydrogens is 432 g/mol. The summed E-state index contributed by atoms with van der Waals surface area (Å²) >= 11 is 1.54. The maximum absolute atomic E-state index is 11.5. The average Bonchev–Trinajstić information content (AvgIpc) is 3.27. The lowest BCUT2D eigenvalue weighted by atomic mass is 10.0. The lowest BCUT2D eigenvalue weighted by Gasteiger charge is -2.11. The van der Waals surface area contributed by atoms with Gasteiger partial charge in [-0.25, -0.2) is 4.98 Å². The molecule has 1 heterocycles. The lowest BCUT2D eigenvalue weighted by molar-refractivity contribution is -0.141. The van der Waals surface area contributed by atoms with Gasteiger partial charge in [0.2, 0.25) is 0 Å². The van der Waals surface area contributed by atoms with Gasteiger partial charge in [-0.1, -0.05) is 73.2 Å². The number of nitrogens with one attached hydrogen (secondary N) is 1. The van der Waals surface area contributed by atoms with E-state index in [4.69, 9.17) is 9.72 Å². The third-order valence-corrected chi connectivity index (χ3v) is 6.32. The van der Waals surface area contributed by atoms with E-state index in [-0.39, 0.29) is 0 Å². The first-order valence-electron chi connectivity index (χ1n) is 11.0. The SMILES string of the molecule is CCCC(CNc1nc(-c2ccc(Oc3ccccc3)cc2)c(-c2ccccc2)s1)C(=O)O. The fourth-order valence-electron chi connectivity index (χ4n) is 3.55. The van der Waals surface area contributed by atoms with E-state index in [0.717, 1.165) is 44.7 Å². The summed E-state index contributed by atoms with van der Waals surface area (Å²) in [4.78, 5) is 17.4. The summed E-state index contributed by atoms with van der Waals surface area (Å²) in [5, 5.41) is 13.4. The number of hydrogen-bond donors (Lipinski definition) is 2. The molecule has 6 heteroatoms. The third-order valence-electron chi connectivity index (χ3n) is 5.26. The van der Waals surface area contributed by atoms with E-state index in [2.05, 4.69) is 17.4 Å². The minimum absolute atomic E-state index is 0.355. The molecule has 168 valence electrons. The Bertz CT molecular complexity index is 1180. The zero-order chi connectivity index (χ0) is 23.0. The number of hydrogen-bond acceptors (Lipinski definition) is 5. The zero-order valence-electron chi connectivity index (χ0n) is 18.4. The summed E-state index contributed by atoms with van der Waals surface area (Å²) in [6.07, 6.45) is 1.46. The standard InChI is InChI=1S/C27H26N2O3S/c1-2-9-21(26(30)31)18-28-27-29-24(25(33-27)20-10-5-3-6-11-20)19-14-16-23(17-15-19)32-22-12-7-4-8-13-22/h3-8,10-17,21H,2,9,18H2,1H3,(H,28,29)(H,30,31). The normalized spacial score (nSPS) is 11.7. The molecule has 0 aliphatic heterocycles. The van der Waals surface area contributed by atoms with Gasteiger partial charge >= 0.3 is 5.97 Å². The highest BCUT2D eigenvalue weighted by Gasteiger charge is 2.19. The van der Waals surface area contributed by atoms with Crippen LogP contribution in [-0.4, -0.2) is 22.6 Å². The molecule has 0 radical (unpaired) electrons. The molecule has 0 saturated heterocycles. The Morgan fingerprint density at radius 3 is 2.21 bits per heavy atom. The highest BCUT2D eigenvalue weighted by molar-refractivity contribution is 7.19. The summed E-state index contributed by atoms with van der Waals surface area (Å²) < 4.78 is 5.91. The Balaban J connectivity index is 1.60. The van der Waals surface area contributed by atoms with Crippen LogP contribution in [-0.2, 0) is 4.79 Å². The van der Waals surface area contributed by atoms with Crippen LogP contribution in [0.5, 0.6) is 11.5 Å². The van der Waals surface area contributed by atoms with Crippen LogP contribution < -0.4 is 10.1 Å². The molecule has 3 aromatic carbocycles. The molecule has 2 N–H and O–H groups in total. The molecule has 0 bridgehead atoms. The molecule has 0 fully saturated rings. The lowest BCUT2D eigenvalue weighted by Crippen LogP contribution is -2.22. The van der Waals surface area contributed by atoms with Gasteiger partial charge in [0.1, 0.15) is 11.5 Å². The largest absolute Gasteiger partial charge is 0.481 e. The van der Waals surface area contributed by atoms with Gasteiger partial charge in [0.15, 0.2) is 5.13 Å². The molecule has 5 nitrogen and oxygen atoms in total. The van der Waals surface area contributed by atoms with Crippen molar-refractivity contribution < 1.29 is 14.6 Å². The molecule has 1 atom stereocenters. The Labute approximate surface area is 197 Å². The number of carboxylic acids is 1. The van der Waals surface area contributed by atoms with E-state index in [1.165, 1.54) is 11.3 Å². The number of aromatic nitrogens is 1. The number of para-hydroxylation sites is 1. The number of thiazole rings is 1. The number of aliphatic carboxylic acids is 1. The molecule has 4 rings (SSSR count). The van der Waals surface area contributed by atoms with Crippen molar-refractivity contribution in [2.75, 3.05) is 11.9 Å². The van der Waals surface area contributed by atoms with Crippen LogP contribution in [0.2, 0.25) is 0 Å². The molecule has 0 amide bonds. The van der Waals surface area contributed by atoms with E-state index in [1.54, 1.807) is 0 Å². The minimum atomic E-state index is -0.779. The van der Waals surface area contributed by atoms with E-state index >= 15 is 0 Å². The maximum atomic E-state index is 11.5. The van der Waals surface area contributed by atoms with Gasteiger partial charge in [0.05, 0.1) is 16.5 Å². The predicted octanol–water partition coefficient (Wildman–Crippen LogP) is 7.18. The molecule has 33 heavy (non-hydrogen) atoms. The molecular formula is C27H26N2O3S. The summed E-state index contributed by atoms with van der Waals surface area (Å²) in [5.74, 6) is 0.328. The number of carbonyl (C=O) groups is 1. The topological polar surface area (TPSA) is 71.5 Å². The van der Waals surface area contributed by atoms with Crippen LogP contribution in [0.1, 0.15) is 19.8 Å². The quantitative estimate of drug-likeness (QED) is 0.263. The number of ether oxygens (including phenoxy) is 1. The Kier molecular flexibility index (Phi) is 7.37. The molecule has 0 aliphatic rings. The van der Waals surface area contributed by atoms with Gasteiger partial charge in [-0.05, 0) is 48.4 Å². The van der Waals surface area contributed by atoms with Crippen LogP contribution >= 0.6 is 11.3 Å². The number of rotatable bonds is 10. The van der Waals surface area contributed by atoms with Crippen molar-refractivity contribution in [3.63, 3.8) is 0 Å². The van der Waals surface area contributed by atoms with Crippen LogP contribution in [0.3, 0.4) is 0 Å².